The molecule has 24 heavy (non-hydrogen) atoms. The van der Waals surface area contributed by atoms with E-state index in [0.29, 0.717) is 0 Å². The van der Waals surface area contributed by atoms with E-state index < -0.39 is 0 Å². The zero-order valence-electron chi connectivity index (χ0n) is 13.6. The van der Waals surface area contributed by atoms with Crippen molar-refractivity contribution in [3.05, 3.63) is 76.9 Å². The normalized spacial score (nSPS) is 16.9. The summed E-state index contributed by atoms with van der Waals surface area (Å²) in [6, 6.07) is 9.07. The number of hydrogen-bond donors (Lipinski definition) is 0. The number of hydrogen-bond acceptors (Lipinski definition) is 3. The van der Waals surface area contributed by atoms with Gasteiger partial charge in [0, 0.05) is 32.3 Å². The van der Waals surface area contributed by atoms with E-state index in [1.807, 2.05) is 18.2 Å². The van der Waals surface area contributed by atoms with Gasteiger partial charge in [-0.1, -0.05) is 23.8 Å². The van der Waals surface area contributed by atoms with Crippen LogP contribution < -0.4 is 0 Å². The molecule has 0 amide bonds. The zero-order valence-corrected chi connectivity index (χ0v) is 13.6. The summed E-state index contributed by atoms with van der Waals surface area (Å²) in [4.78, 5) is 2.43. The molecule has 3 nitrogen and oxygen atoms in total. The molecule has 0 unspecified atom stereocenters. The standard InChI is InChI=1S/C20H20FN3/c21-17-5-6-19-16(13-17)12-15(7-11-24-9-1-2-10-24)20(19)14-18-4-3-8-22-23-18/h1-6,8,13H,7,9-12,14H2. The molecule has 2 heterocycles. The van der Waals surface area contributed by atoms with E-state index in [1.54, 1.807) is 18.3 Å². The first-order valence-corrected chi connectivity index (χ1v) is 8.43. The maximum absolute atomic E-state index is 13.6. The Bertz CT molecular complexity index is 788. The van der Waals surface area contributed by atoms with Crippen LogP contribution >= 0.6 is 0 Å². The molecule has 0 spiro atoms. The van der Waals surface area contributed by atoms with Gasteiger partial charge in [0.1, 0.15) is 5.82 Å². The molecule has 1 aromatic carbocycles. The molecule has 0 bridgehead atoms. The van der Waals surface area contributed by atoms with Gasteiger partial charge in [-0.3, -0.25) is 4.90 Å². The van der Waals surface area contributed by atoms with Gasteiger partial charge in [0.15, 0.2) is 0 Å². The Labute approximate surface area is 141 Å². The summed E-state index contributed by atoms with van der Waals surface area (Å²) in [6.07, 6.45) is 8.76. The smallest absolute Gasteiger partial charge is 0.123 e. The minimum Gasteiger partial charge on any atom is -0.296 e. The van der Waals surface area contributed by atoms with Crippen LogP contribution in [-0.2, 0) is 12.8 Å². The molecule has 2 aliphatic rings. The van der Waals surface area contributed by atoms with Crippen molar-refractivity contribution in [2.75, 3.05) is 19.6 Å². The molecule has 0 saturated heterocycles. The molecule has 2 aromatic rings. The van der Waals surface area contributed by atoms with Crippen molar-refractivity contribution in [2.45, 2.75) is 19.3 Å². The van der Waals surface area contributed by atoms with Gasteiger partial charge in [0.2, 0.25) is 0 Å². The van der Waals surface area contributed by atoms with Gasteiger partial charge < -0.3 is 0 Å². The van der Waals surface area contributed by atoms with Crippen LogP contribution in [0.3, 0.4) is 0 Å². The van der Waals surface area contributed by atoms with E-state index in [0.717, 1.165) is 50.2 Å². The highest BCUT2D eigenvalue weighted by atomic mass is 19.1. The fourth-order valence-corrected chi connectivity index (χ4v) is 3.60. The average Bonchev–Trinajstić information content (AvgIpc) is 3.22. The van der Waals surface area contributed by atoms with E-state index in [1.165, 1.54) is 16.7 Å². The van der Waals surface area contributed by atoms with Crippen LogP contribution in [0.25, 0.3) is 5.57 Å². The number of allylic oxidation sites excluding steroid dienone is 1. The number of halogens is 1. The number of nitrogens with zero attached hydrogens (tertiary/aromatic N) is 3. The first-order valence-electron chi connectivity index (χ1n) is 8.43. The third-order valence-corrected chi connectivity index (χ3v) is 4.83. The fraction of sp³-hybridized carbons (Fsp3) is 0.300. The average molecular weight is 321 g/mol. The van der Waals surface area contributed by atoms with Gasteiger partial charge in [-0.05, 0) is 53.8 Å². The summed E-state index contributed by atoms with van der Waals surface area (Å²) in [6.45, 7) is 3.12. The topological polar surface area (TPSA) is 29.0 Å². The van der Waals surface area contributed by atoms with E-state index in [4.69, 9.17) is 0 Å². The van der Waals surface area contributed by atoms with Crippen LogP contribution in [0.15, 0.2) is 54.3 Å². The minimum atomic E-state index is -0.155. The van der Waals surface area contributed by atoms with Gasteiger partial charge in [0.25, 0.3) is 0 Å². The van der Waals surface area contributed by atoms with Crippen molar-refractivity contribution >= 4 is 5.57 Å². The molecule has 0 atom stereocenters. The summed E-state index contributed by atoms with van der Waals surface area (Å²) < 4.78 is 13.6. The van der Waals surface area contributed by atoms with Crippen molar-refractivity contribution in [1.82, 2.24) is 15.1 Å². The second kappa shape index (κ2) is 6.65. The minimum absolute atomic E-state index is 0.155. The van der Waals surface area contributed by atoms with Crippen LogP contribution in [0.5, 0.6) is 0 Å². The summed E-state index contributed by atoms with van der Waals surface area (Å²) >= 11 is 0. The SMILES string of the molecule is Fc1ccc2c(c1)CC(CCN1CC=CC1)=C2Cc1cccnn1. The van der Waals surface area contributed by atoms with Crippen LogP contribution in [-0.4, -0.2) is 34.7 Å². The summed E-state index contributed by atoms with van der Waals surface area (Å²) in [5.74, 6) is -0.155. The van der Waals surface area contributed by atoms with Crippen molar-refractivity contribution in [3.8, 4) is 0 Å². The molecule has 1 aliphatic carbocycles. The maximum Gasteiger partial charge on any atom is 0.123 e. The quantitative estimate of drug-likeness (QED) is 0.790. The van der Waals surface area contributed by atoms with Gasteiger partial charge in [-0.25, -0.2) is 4.39 Å². The number of benzene rings is 1. The Morgan fingerprint density at radius 1 is 1.12 bits per heavy atom. The third kappa shape index (κ3) is 3.15. The molecule has 0 saturated carbocycles. The van der Waals surface area contributed by atoms with Crippen molar-refractivity contribution in [2.24, 2.45) is 0 Å². The van der Waals surface area contributed by atoms with Gasteiger partial charge in [-0.15, -0.1) is 0 Å². The molecule has 1 aromatic heterocycles. The van der Waals surface area contributed by atoms with Gasteiger partial charge in [-0.2, -0.15) is 10.2 Å². The van der Waals surface area contributed by atoms with Crippen LogP contribution in [0.1, 0.15) is 23.2 Å². The fourth-order valence-electron chi connectivity index (χ4n) is 3.60. The lowest BCUT2D eigenvalue weighted by Gasteiger charge is -2.16. The van der Waals surface area contributed by atoms with E-state index in [2.05, 4.69) is 27.2 Å². The first-order chi connectivity index (χ1) is 11.8. The predicted octanol–water partition coefficient (Wildman–Crippen LogP) is 3.43. The van der Waals surface area contributed by atoms with E-state index in [-0.39, 0.29) is 5.82 Å². The lowest BCUT2D eigenvalue weighted by Crippen LogP contribution is -2.21. The second-order valence-corrected chi connectivity index (χ2v) is 6.43. The number of rotatable bonds is 5. The predicted molar refractivity (Wildman–Crippen MR) is 93.0 cm³/mol. The second-order valence-electron chi connectivity index (χ2n) is 6.43. The third-order valence-electron chi connectivity index (χ3n) is 4.83. The maximum atomic E-state index is 13.6. The molecule has 1 aliphatic heterocycles. The lowest BCUT2D eigenvalue weighted by molar-refractivity contribution is 0.356. The summed E-state index contributed by atoms with van der Waals surface area (Å²) in [7, 11) is 0. The Morgan fingerprint density at radius 2 is 2.00 bits per heavy atom. The highest BCUT2D eigenvalue weighted by Gasteiger charge is 2.23. The molecule has 0 radical (unpaired) electrons. The molecule has 122 valence electrons. The monoisotopic (exact) mass is 321 g/mol. The Kier molecular flexibility index (Phi) is 4.22. The Balaban J connectivity index is 1.59. The zero-order chi connectivity index (χ0) is 16.4. The van der Waals surface area contributed by atoms with Crippen molar-refractivity contribution in [3.63, 3.8) is 0 Å². The Morgan fingerprint density at radius 3 is 2.79 bits per heavy atom. The van der Waals surface area contributed by atoms with E-state index >= 15 is 0 Å². The molecule has 4 heteroatoms. The van der Waals surface area contributed by atoms with Crippen molar-refractivity contribution < 1.29 is 4.39 Å². The molecular weight excluding hydrogens is 301 g/mol. The highest BCUT2D eigenvalue weighted by molar-refractivity contribution is 5.77. The van der Waals surface area contributed by atoms with Crippen LogP contribution in [0.2, 0.25) is 0 Å². The number of aromatic nitrogens is 2. The molecular formula is C20H20FN3. The van der Waals surface area contributed by atoms with Gasteiger partial charge >= 0.3 is 0 Å². The molecule has 0 N–H and O–H groups in total. The van der Waals surface area contributed by atoms with Crippen molar-refractivity contribution in [1.29, 1.82) is 0 Å². The largest absolute Gasteiger partial charge is 0.296 e. The van der Waals surface area contributed by atoms with Gasteiger partial charge in [0.05, 0.1) is 5.69 Å². The lowest BCUT2D eigenvalue weighted by atomic mass is 9.99. The highest BCUT2D eigenvalue weighted by Crippen LogP contribution is 2.36. The number of fused-ring (bicyclic) bond motifs is 1. The molecule has 4 rings (SSSR count). The Hall–Kier alpha value is -2.33. The van der Waals surface area contributed by atoms with E-state index in [9.17, 15) is 4.39 Å². The summed E-state index contributed by atoms with van der Waals surface area (Å²) in [5.41, 5.74) is 5.95. The molecule has 0 fully saturated rings. The van der Waals surface area contributed by atoms with Crippen LogP contribution in [0, 0.1) is 5.82 Å². The first kappa shape index (κ1) is 15.2. The summed E-state index contributed by atoms with van der Waals surface area (Å²) in [5, 5.41) is 8.21. The van der Waals surface area contributed by atoms with Crippen LogP contribution in [0.4, 0.5) is 4.39 Å².